The fraction of sp³-hybridized carbons (Fsp3) is 0.188. The van der Waals surface area contributed by atoms with Crippen molar-refractivity contribution in [1.29, 1.82) is 0 Å². The summed E-state index contributed by atoms with van der Waals surface area (Å²) in [6.45, 7) is 1.95. The summed E-state index contributed by atoms with van der Waals surface area (Å²) >= 11 is 3.40. The Hall–Kier alpha value is -1.65. The predicted octanol–water partition coefficient (Wildman–Crippen LogP) is 4.08. The van der Waals surface area contributed by atoms with Gasteiger partial charge in [-0.15, -0.1) is 0 Å². The molecule has 4 heteroatoms. The van der Waals surface area contributed by atoms with Gasteiger partial charge in [-0.2, -0.15) is 0 Å². The second-order valence-electron chi connectivity index (χ2n) is 4.47. The number of methoxy groups -OCH3 is 1. The van der Waals surface area contributed by atoms with Crippen LogP contribution in [0.5, 0.6) is 0 Å². The van der Waals surface area contributed by atoms with Crippen LogP contribution in [-0.2, 0) is 9.53 Å². The van der Waals surface area contributed by atoms with Crippen molar-refractivity contribution >= 4 is 27.5 Å². The fourth-order valence-corrected chi connectivity index (χ4v) is 2.31. The highest BCUT2D eigenvalue weighted by Crippen LogP contribution is 2.23. The summed E-state index contributed by atoms with van der Waals surface area (Å²) in [5, 5.41) is 2.91. The third-order valence-electron chi connectivity index (χ3n) is 3.03. The maximum Gasteiger partial charge on any atom is 0.258 e. The Bertz CT molecular complexity index is 599. The predicted molar refractivity (Wildman–Crippen MR) is 83.7 cm³/mol. The van der Waals surface area contributed by atoms with Crippen molar-refractivity contribution in [2.45, 2.75) is 13.0 Å². The number of anilines is 1. The van der Waals surface area contributed by atoms with Crippen molar-refractivity contribution in [3.63, 3.8) is 0 Å². The molecule has 0 saturated heterocycles. The van der Waals surface area contributed by atoms with E-state index in [9.17, 15) is 4.79 Å². The Morgan fingerprint density at radius 1 is 1.20 bits per heavy atom. The van der Waals surface area contributed by atoms with E-state index >= 15 is 0 Å². The molecule has 20 heavy (non-hydrogen) atoms. The molecule has 104 valence electrons. The van der Waals surface area contributed by atoms with Crippen molar-refractivity contribution < 1.29 is 9.53 Å². The van der Waals surface area contributed by atoms with E-state index in [1.165, 1.54) is 7.11 Å². The van der Waals surface area contributed by atoms with E-state index in [4.69, 9.17) is 4.74 Å². The zero-order chi connectivity index (χ0) is 14.5. The van der Waals surface area contributed by atoms with Gasteiger partial charge in [-0.3, -0.25) is 4.79 Å². The minimum atomic E-state index is -0.616. The van der Waals surface area contributed by atoms with Crippen molar-refractivity contribution in [2.75, 3.05) is 12.4 Å². The fourth-order valence-electron chi connectivity index (χ4n) is 1.95. The Morgan fingerprint density at radius 2 is 1.90 bits per heavy atom. The first kappa shape index (κ1) is 14.8. The normalized spacial score (nSPS) is 11.9. The minimum Gasteiger partial charge on any atom is -0.367 e. The Kier molecular flexibility index (Phi) is 4.93. The average Bonchev–Trinajstić information content (AvgIpc) is 2.45. The monoisotopic (exact) mass is 333 g/mol. The van der Waals surface area contributed by atoms with Crippen LogP contribution in [0.15, 0.2) is 53.0 Å². The smallest absolute Gasteiger partial charge is 0.258 e. The van der Waals surface area contributed by atoms with E-state index in [0.717, 1.165) is 21.3 Å². The molecular formula is C16H16BrNO2. The number of hydrogen-bond donors (Lipinski definition) is 1. The number of carbonyl (C=O) groups is 1. The molecule has 0 bridgehead atoms. The largest absolute Gasteiger partial charge is 0.367 e. The first-order valence-electron chi connectivity index (χ1n) is 6.26. The molecule has 3 nitrogen and oxygen atoms in total. The van der Waals surface area contributed by atoms with Gasteiger partial charge >= 0.3 is 0 Å². The van der Waals surface area contributed by atoms with Crippen LogP contribution in [0, 0.1) is 6.92 Å². The molecule has 1 atom stereocenters. The lowest BCUT2D eigenvalue weighted by molar-refractivity contribution is -0.126. The highest BCUT2D eigenvalue weighted by molar-refractivity contribution is 9.10. The van der Waals surface area contributed by atoms with Gasteiger partial charge in [-0.1, -0.05) is 52.3 Å². The van der Waals surface area contributed by atoms with Crippen molar-refractivity contribution in [1.82, 2.24) is 0 Å². The van der Waals surface area contributed by atoms with Crippen LogP contribution < -0.4 is 5.32 Å². The molecule has 0 saturated carbocycles. The average molecular weight is 334 g/mol. The summed E-state index contributed by atoms with van der Waals surface area (Å²) in [6, 6.07) is 15.2. The molecule has 1 unspecified atom stereocenters. The van der Waals surface area contributed by atoms with E-state index in [2.05, 4.69) is 21.2 Å². The van der Waals surface area contributed by atoms with Crippen LogP contribution in [-0.4, -0.2) is 13.0 Å². The van der Waals surface area contributed by atoms with Crippen LogP contribution in [0.4, 0.5) is 5.69 Å². The number of halogens is 1. The molecule has 2 rings (SSSR count). The van der Waals surface area contributed by atoms with Gasteiger partial charge in [-0.05, 0) is 30.2 Å². The lowest BCUT2D eigenvalue weighted by atomic mass is 10.1. The highest BCUT2D eigenvalue weighted by Gasteiger charge is 2.20. The summed E-state index contributed by atoms with van der Waals surface area (Å²) in [7, 11) is 1.53. The molecule has 0 spiro atoms. The van der Waals surface area contributed by atoms with Gasteiger partial charge < -0.3 is 10.1 Å². The summed E-state index contributed by atoms with van der Waals surface area (Å²) in [6.07, 6.45) is -0.616. The molecule has 2 aromatic rings. The maximum atomic E-state index is 12.4. The molecule has 0 aliphatic heterocycles. The quantitative estimate of drug-likeness (QED) is 0.915. The molecule has 0 fully saturated rings. The lowest BCUT2D eigenvalue weighted by Crippen LogP contribution is -2.23. The van der Waals surface area contributed by atoms with Crippen molar-refractivity contribution in [2.24, 2.45) is 0 Å². The van der Waals surface area contributed by atoms with Gasteiger partial charge in [0.15, 0.2) is 6.10 Å². The molecule has 1 N–H and O–H groups in total. The number of benzene rings is 2. The van der Waals surface area contributed by atoms with Gasteiger partial charge in [0.05, 0.1) is 0 Å². The van der Waals surface area contributed by atoms with Gasteiger partial charge in [0.1, 0.15) is 0 Å². The lowest BCUT2D eigenvalue weighted by Gasteiger charge is -2.16. The summed E-state index contributed by atoms with van der Waals surface area (Å²) < 4.78 is 6.24. The number of ether oxygens (including phenoxy) is 1. The summed E-state index contributed by atoms with van der Waals surface area (Å²) in [4.78, 5) is 12.4. The third-order valence-corrected chi connectivity index (χ3v) is 3.53. The van der Waals surface area contributed by atoms with E-state index < -0.39 is 6.10 Å². The topological polar surface area (TPSA) is 38.3 Å². The van der Waals surface area contributed by atoms with E-state index in [1.807, 2.05) is 55.5 Å². The van der Waals surface area contributed by atoms with Crippen LogP contribution >= 0.6 is 15.9 Å². The minimum absolute atomic E-state index is 0.181. The van der Waals surface area contributed by atoms with E-state index in [-0.39, 0.29) is 5.91 Å². The Labute approximate surface area is 127 Å². The molecule has 1 amide bonds. The number of carbonyl (C=O) groups excluding carboxylic acids is 1. The third kappa shape index (κ3) is 3.46. The van der Waals surface area contributed by atoms with Gasteiger partial charge in [-0.25, -0.2) is 0 Å². The molecule has 0 aliphatic carbocycles. The SMILES string of the molecule is COC(C(=O)Nc1cc(Br)ccc1C)c1ccccc1. The van der Waals surface area contributed by atoms with E-state index in [1.54, 1.807) is 0 Å². The molecule has 0 aromatic heterocycles. The van der Waals surface area contributed by atoms with Crippen LogP contribution in [0.25, 0.3) is 0 Å². The zero-order valence-corrected chi connectivity index (χ0v) is 13.0. The van der Waals surface area contributed by atoms with Crippen LogP contribution in [0.1, 0.15) is 17.2 Å². The van der Waals surface area contributed by atoms with Crippen molar-refractivity contribution in [3.05, 3.63) is 64.1 Å². The second-order valence-corrected chi connectivity index (χ2v) is 5.39. The number of aryl methyl sites for hydroxylation is 1. The number of amides is 1. The number of nitrogens with one attached hydrogen (secondary N) is 1. The highest BCUT2D eigenvalue weighted by atomic mass is 79.9. The number of hydrogen-bond acceptors (Lipinski definition) is 2. The van der Waals surface area contributed by atoms with E-state index in [0.29, 0.717) is 0 Å². The number of rotatable bonds is 4. The standard InChI is InChI=1S/C16H16BrNO2/c1-11-8-9-13(17)10-14(11)18-16(19)15(20-2)12-6-4-3-5-7-12/h3-10,15H,1-2H3,(H,18,19). The van der Waals surface area contributed by atoms with Crippen LogP contribution in [0.3, 0.4) is 0 Å². The van der Waals surface area contributed by atoms with Gasteiger partial charge in [0.2, 0.25) is 0 Å². The second kappa shape index (κ2) is 6.68. The summed E-state index contributed by atoms with van der Waals surface area (Å²) in [5.74, 6) is -0.181. The summed E-state index contributed by atoms with van der Waals surface area (Å²) in [5.41, 5.74) is 2.62. The zero-order valence-electron chi connectivity index (χ0n) is 11.4. The Balaban J connectivity index is 2.20. The van der Waals surface area contributed by atoms with Crippen LogP contribution in [0.2, 0.25) is 0 Å². The van der Waals surface area contributed by atoms with Crippen molar-refractivity contribution in [3.8, 4) is 0 Å². The molecule has 0 radical (unpaired) electrons. The first-order chi connectivity index (χ1) is 9.61. The molecule has 0 heterocycles. The van der Waals surface area contributed by atoms with Gasteiger partial charge in [0.25, 0.3) is 5.91 Å². The Morgan fingerprint density at radius 3 is 2.55 bits per heavy atom. The molecule has 0 aliphatic rings. The molecular weight excluding hydrogens is 318 g/mol. The first-order valence-corrected chi connectivity index (χ1v) is 7.06. The van der Waals surface area contributed by atoms with Gasteiger partial charge in [0, 0.05) is 17.3 Å². The maximum absolute atomic E-state index is 12.4. The molecule has 2 aromatic carbocycles.